The van der Waals surface area contributed by atoms with E-state index < -0.39 is 5.91 Å². The Kier molecular flexibility index (Phi) is 4.63. The molecule has 0 unspecified atom stereocenters. The zero-order valence-corrected chi connectivity index (χ0v) is 12.1. The maximum Gasteiger partial charge on any atom is 0.255 e. The molecule has 1 aromatic rings. The van der Waals surface area contributed by atoms with Gasteiger partial charge in [0.25, 0.3) is 5.91 Å². The highest BCUT2D eigenvalue weighted by Gasteiger charge is 2.19. The van der Waals surface area contributed by atoms with Gasteiger partial charge in [0.2, 0.25) is 0 Å². The smallest absolute Gasteiger partial charge is 0.255 e. The molecule has 0 bridgehead atoms. The Morgan fingerprint density at radius 1 is 1.42 bits per heavy atom. The summed E-state index contributed by atoms with van der Waals surface area (Å²) in [5, 5.41) is 3.95. The molecule has 19 heavy (non-hydrogen) atoms. The van der Waals surface area contributed by atoms with Crippen LogP contribution in [0.15, 0.2) is 0 Å². The Labute approximate surface area is 117 Å². The average Bonchev–Trinajstić information content (AvgIpc) is 2.73. The fourth-order valence-corrected chi connectivity index (χ4v) is 3.41. The summed E-state index contributed by atoms with van der Waals surface area (Å²) in [4.78, 5) is 11.3. The molecule has 1 aromatic heterocycles. The number of carbonyl (C=O) groups excluding carboxylic acids is 1. The van der Waals surface area contributed by atoms with Crippen LogP contribution in [0.2, 0.25) is 0 Å². The van der Waals surface area contributed by atoms with Crippen LogP contribution in [0.5, 0.6) is 0 Å². The zero-order chi connectivity index (χ0) is 13.8. The largest absolute Gasteiger partial charge is 0.382 e. The highest BCUT2D eigenvalue weighted by atomic mass is 32.1. The Bertz CT molecular complexity index is 438. The second kappa shape index (κ2) is 6.23. The van der Waals surface area contributed by atoms with Crippen molar-refractivity contribution in [2.24, 2.45) is 17.6 Å². The summed E-state index contributed by atoms with van der Waals surface area (Å²) in [6.07, 6.45) is 6.44. The first-order valence-corrected chi connectivity index (χ1v) is 7.64. The van der Waals surface area contributed by atoms with Crippen LogP contribution in [-0.4, -0.2) is 16.8 Å². The van der Waals surface area contributed by atoms with Crippen molar-refractivity contribution in [2.45, 2.75) is 39.0 Å². The first-order valence-electron chi connectivity index (χ1n) is 6.86. The van der Waals surface area contributed by atoms with Gasteiger partial charge in [0.1, 0.15) is 10.6 Å². The van der Waals surface area contributed by atoms with Crippen LogP contribution in [0, 0.1) is 11.8 Å². The third kappa shape index (κ3) is 3.59. The molecule has 0 radical (unpaired) electrons. The zero-order valence-electron chi connectivity index (χ0n) is 11.3. The van der Waals surface area contributed by atoms with Crippen LogP contribution in [0.4, 0.5) is 10.8 Å². The number of primary amides is 1. The lowest BCUT2D eigenvalue weighted by Crippen LogP contribution is -2.17. The van der Waals surface area contributed by atoms with Crippen LogP contribution in [0.3, 0.4) is 0 Å². The number of nitrogen functional groups attached to an aromatic ring is 1. The lowest BCUT2D eigenvalue weighted by molar-refractivity contribution is 0.100. The normalized spacial score (nSPS) is 23.2. The first kappa shape index (κ1) is 14.1. The number of aromatic nitrogens is 1. The topological polar surface area (TPSA) is 94.0 Å². The standard InChI is InChI=1S/C13H22N4OS/c1-8-2-4-9(5-3-8)6-7-16-13-10(12(15)18)11(14)17-19-13/h8-9,16H,2-7H2,1H3,(H2,14,17)(H2,15,18). The molecule has 2 rings (SSSR count). The summed E-state index contributed by atoms with van der Waals surface area (Å²) in [7, 11) is 0. The second-order valence-corrected chi connectivity index (χ2v) is 6.25. The quantitative estimate of drug-likeness (QED) is 0.773. The van der Waals surface area contributed by atoms with E-state index in [2.05, 4.69) is 16.6 Å². The lowest BCUT2D eigenvalue weighted by atomic mass is 9.81. The van der Waals surface area contributed by atoms with Gasteiger partial charge in [-0.25, -0.2) is 0 Å². The number of nitrogens with two attached hydrogens (primary N) is 2. The lowest BCUT2D eigenvalue weighted by Gasteiger charge is -2.26. The van der Waals surface area contributed by atoms with Gasteiger partial charge in [0, 0.05) is 6.54 Å². The predicted octanol–water partition coefficient (Wildman–Crippen LogP) is 2.45. The van der Waals surface area contributed by atoms with Crippen LogP contribution in [0.25, 0.3) is 0 Å². The Balaban J connectivity index is 1.81. The molecule has 1 amide bonds. The van der Waals surface area contributed by atoms with Gasteiger partial charge in [-0.05, 0) is 29.8 Å². The van der Waals surface area contributed by atoms with E-state index in [9.17, 15) is 4.79 Å². The molecule has 5 N–H and O–H groups in total. The summed E-state index contributed by atoms with van der Waals surface area (Å²) in [5.41, 5.74) is 11.3. The number of carbonyl (C=O) groups is 1. The number of hydrogen-bond acceptors (Lipinski definition) is 5. The van der Waals surface area contributed by atoms with Crippen molar-refractivity contribution in [3.63, 3.8) is 0 Å². The number of nitrogens with zero attached hydrogens (tertiary/aromatic N) is 1. The van der Waals surface area contributed by atoms with Gasteiger partial charge in [0.15, 0.2) is 5.82 Å². The van der Waals surface area contributed by atoms with Crippen molar-refractivity contribution in [3.05, 3.63) is 5.56 Å². The molecule has 0 aliphatic heterocycles. The molecule has 1 aliphatic carbocycles. The van der Waals surface area contributed by atoms with Crippen molar-refractivity contribution in [2.75, 3.05) is 17.6 Å². The molecule has 5 nitrogen and oxygen atoms in total. The van der Waals surface area contributed by atoms with Gasteiger partial charge in [-0.3, -0.25) is 4.79 Å². The molecule has 1 saturated carbocycles. The molecular formula is C13H22N4OS. The van der Waals surface area contributed by atoms with Crippen LogP contribution in [-0.2, 0) is 0 Å². The number of anilines is 2. The first-order chi connectivity index (χ1) is 9.08. The average molecular weight is 282 g/mol. The number of amides is 1. The summed E-state index contributed by atoms with van der Waals surface area (Å²) >= 11 is 1.20. The van der Waals surface area contributed by atoms with Gasteiger partial charge < -0.3 is 16.8 Å². The van der Waals surface area contributed by atoms with E-state index in [1.165, 1.54) is 37.2 Å². The third-order valence-corrected chi connectivity index (χ3v) is 4.76. The van der Waals surface area contributed by atoms with Crippen molar-refractivity contribution in [1.82, 2.24) is 4.37 Å². The molecular weight excluding hydrogens is 260 g/mol. The fourth-order valence-electron chi connectivity index (χ4n) is 2.67. The van der Waals surface area contributed by atoms with Crippen molar-refractivity contribution >= 4 is 28.3 Å². The molecule has 1 heterocycles. The summed E-state index contributed by atoms with van der Waals surface area (Å²) in [6.45, 7) is 3.18. The molecule has 6 heteroatoms. The highest BCUT2D eigenvalue weighted by Crippen LogP contribution is 2.31. The summed E-state index contributed by atoms with van der Waals surface area (Å²) in [5.74, 6) is 1.39. The Hall–Kier alpha value is -1.30. The van der Waals surface area contributed by atoms with Gasteiger partial charge in [0.05, 0.1) is 0 Å². The molecule has 0 saturated heterocycles. The van der Waals surface area contributed by atoms with Crippen molar-refractivity contribution in [3.8, 4) is 0 Å². The second-order valence-electron chi connectivity index (χ2n) is 5.48. The number of hydrogen-bond donors (Lipinski definition) is 3. The van der Waals surface area contributed by atoms with Crippen molar-refractivity contribution in [1.29, 1.82) is 0 Å². The van der Waals surface area contributed by atoms with Gasteiger partial charge in [-0.15, -0.1) is 0 Å². The van der Waals surface area contributed by atoms with Crippen LogP contribution >= 0.6 is 11.5 Å². The summed E-state index contributed by atoms with van der Waals surface area (Å²) < 4.78 is 3.97. The highest BCUT2D eigenvalue weighted by molar-refractivity contribution is 7.11. The van der Waals surface area contributed by atoms with E-state index in [0.29, 0.717) is 10.6 Å². The predicted molar refractivity (Wildman–Crippen MR) is 79.3 cm³/mol. The van der Waals surface area contributed by atoms with E-state index in [1.54, 1.807) is 0 Å². The number of rotatable bonds is 5. The molecule has 1 aliphatic rings. The molecule has 106 valence electrons. The van der Waals surface area contributed by atoms with E-state index in [0.717, 1.165) is 24.8 Å². The van der Waals surface area contributed by atoms with E-state index in [4.69, 9.17) is 11.5 Å². The Morgan fingerprint density at radius 3 is 2.74 bits per heavy atom. The van der Waals surface area contributed by atoms with Crippen LogP contribution in [0.1, 0.15) is 49.4 Å². The third-order valence-electron chi connectivity index (χ3n) is 3.94. The van der Waals surface area contributed by atoms with E-state index in [1.807, 2.05) is 0 Å². The van der Waals surface area contributed by atoms with E-state index >= 15 is 0 Å². The van der Waals surface area contributed by atoms with Gasteiger partial charge in [-0.1, -0.05) is 32.6 Å². The monoisotopic (exact) mass is 282 g/mol. The van der Waals surface area contributed by atoms with Crippen molar-refractivity contribution < 1.29 is 4.79 Å². The SMILES string of the molecule is CC1CCC(CCNc2snc(N)c2C(N)=O)CC1. The minimum absolute atomic E-state index is 0.228. The minimum Gasteiger partial charge on any atom is -0.382 e. The van der Waals surface area contributed by atoms with Gasteiger partial charge in [-0.2, -0.15) is 4.37 Å². The summed E-state index contributed by atoms with van der Waals surface area (Å²) in [6, 6.07) is 0. The number of nitrogens with one attached hydrogen (secondary N) is 1. The van der Waals surface area contributed by atoms with Crippen LogP contribution < -0.4 is 16.8 Å². The van der Waals surface area contributed by atoms with Gasteiger partial charge >= 0.3 is 0 Å². The molecule has 1 fully saturated rings. The fraction of sp³-hybridized carbons (Fsp3) is 0.692. The minimum atomic E-state index is -0.514. The maximum atomic E-state index is 11.3. The molecule has 0 atom stereocenters. The molecule has 0 aromatic carbocycles. The molecule has 0 spiro atoms. The Morgan fingerprint density at radius 2 is 2.11 bits per heavy atom. The van der Waals surface area contributed by atoms with E-state index in [-0.39, 0.29) is 5.82 Å². The maximum absolute atomic E-state index is 11.3.